The van der Waals surface area contributed by atoms with Crippen LogP contribution in [0.25, 0.3) is 0 Å². The molecule has 17 heavy (non-hydrogen) atoms. The predicted octanol–water partition coefficient (Wildman–Crippen LogP) is 0.554. The van der Waals surface area contributed by atoms with E-state index < -0.39 is 12.0 Å². The number of carbonyl (C=O) groups is 2. The Hall–Kier alpha value is -1.10. The van der Waals surface area contributed by atoms with Crippen LogP contribution in [-0.2, 0) is 9.59 Å². The summed E-state index contributed by atoms with van der Waals surface area (Å²) in [5.41, 5.74) is 0. The summed E-state index contributed by atoms with van der Waals surface area (Å²) in [7, 11) is 1.97. The van der Waals surface area contributed by atoms with Crippen molar-refractivity contribution in [2.45, 2.75) is 32.7 Å². The molecule has 0 saturated carbocycles. The number of carboxylic acids is 1. The van der Waals surface area contributed by atoms with E-state index in [1.54, 1.807) is 0 Å². The number of likely N-dealkylation sites (tertiary alicyclic amines) is 1. The van der Waals surface area contributed by atoms with E-state index in [9.17, 15) is 9.59 Å². The third-order valence-electron chi connectivity index (χ3n) is 3.54. The van der Waals surface area contributed by atoms with Crippen molar-refractivity contribution in [3.05, 3.63) is 0 Å². The summed E-state index contributed by atoms with van der Waals surface area (Å²) in [6, 6.07) is -0.765. The molecule has 1 aliphatic rings. The van der Waals surface area contributed by atoms with E-state index in [-0.39, 0.29) is 17.7 Å². The summed E-state index contributed by atoms with van der Waals surface area (Å²) in [6.07, 6.45) is 1.55. The van der Waals surface area contributed by atoms with E-state index in [1.165, 1.54) is 0 Å². The molecule has 0 aromatic rings. The minimum absolute atomic E-state index is 0.0458. The number of hydrogen-bond donors (Lipinski definition) is 2. The molecule has 3 atom stereocenters. The molecule has 1 amide bonds. The summed E-state index contributed by atoms with van der Waals surface area (Å²) >= 11 is 0. The number of carbonyl (C=O) groups excluding carboxylic acids is 1. The SMILES string of the molecule is CC[C@H](C)[C@H](NC(=O)C1CCN(C)C1)C(=O)O. The van der Waals surface area contributed by atoms with Crippen molar-refractivity contribution in [3.63, 3.8) is 0 Å². The molecule has 98 valence electrons. The monoisotopic (exact) mass is 242 g/mol. The topological polar surface area (TPSA) is 69.6 Å². The maximum Gasteiger partial charge on any atom is 0.326 e. The molecular weight excluding hydrogens is 220 g/mol. The van der Waals surface area contributed by atoms with Gasteiger partial charge in [-0.25, -0.2) is 4.79 Å². The van der Waals surface area contributed by atoms with Crippen molar-refractivity contribution in [2.24, 2.45) is 11.8 Å². The average molecular weight is 242 g/mol. The van der Waals surface area contributed by atoms with Gasteiger partial charge in [-0.3, -0.25) is 4.79 Å². The van der Waals surface area contributed by atoms with Gasteiger partial charge in [0.05, 0.1) is 5.92 Å². The molecule has 0 aromatic carbocycles. The molecule has 1 aliphatic heterocycles. The normalized spacial score (nSPS) is 24.3. The minimum atomic E-state index is -0.945. The Labute approximate surface area is 102 Å². The molecular formula is C12H22N2O3. The molecule has 0 aliphatic carbocycles. The van der Waals surface area contributed by atoms with Gasteiger partial charge in [0, 0.05) is 6.54 Å². The maximum absolute atomic E-state index is 11.9. The van der Waals surface area contributed by atoms with Crippen LogP contribution in [0.5, 0.6) is 0 Å². The average Bonchev–Trinajstić information content (AvgIpc) is 2.71. The molecule has 5 heteroatoms. The van der Waals surface area contributed by atoms with Gasteiger partial charge in [-0.1, -0.05) is 20.3 Å². The van der Waals surface area contributed by atoms with E-state index in [1.807, 2.05) is 20.9 Å². The highest BCUT2D eigenvalue weighted by atomic mass is 16.4. The standard InChI is InChI=1S/C12H22N2O3/c1-4-8(2)10(12(16)17)13-11(15)9-5-6-14(3)7-9/h8-10H,4-7H2,1-3H3,(H,13,15)(H,16,17)/t8-,9?,10-/m0/s1. The summed E-state index contributed by atoms with van der Waals surface area (Å²) in [5.74, 6) is -1.18. The molecule has 0 bridgehead atoms. The molecule has 1 unspecified atom stereocenters. The fraction of sp³-hybridized carbons (Fsp3) is 0.833. The highest BCUT2D eigenvalue weighted by Crippen LogP contribution is 2.16. The van der Waals surface area contributed by atoms with Crippen LogP contribution in [0.3, 0.4) is 0 Å². The molecule has 0 spiro atoms. The van der Waals surface area contributed by atoms with E-state index >= 15 is 0 Å². The van der Waals surface area contributed by atoms with Gasteiger partial charge in [-0.15, -0.1) is 0 Å². The second-order valence-corrected chi connectivity index (χ2v) is 4.96. The first-order valence-electron chi connectivity index (χ1n) is 6.17. The van der Waals surface area contributed by atoms with Gasteiger partial charge in [-0.2, -0.15) is 0 Å². The number of nitrogens with one attached hydrogen (secondary N) is 1. The lowest BCUT2D eigenvalue weighted by Gasteiger charge is -2.22. The maximum atomic E-state index is 11.9. The highest BCUT2D eigenvalue weighted by molar-refractivity contribution is 5.85. The van der Waals surface area contributed by atoms with E-state index in [0.29, 0.717) is 0 Å². The quantitative estimate of drug-likeness (QED) is 0.739. The van der Waals surface area contributed by atoms with Gasteiger partial charge < -0.3 is 15.3 Å². The lowest BCUT2D eigenvalue weighted by Crippen LogP contribution is -2.47. The van der Waals surface area contributed by atoms with Crippen molar-refractivity contribution in [1.29, 1.82) is 0 Å². The molecule has 0 aromatic heterocycles. The third kappa shape index (κ3) is 3.70. The van der Waals surface area contributed by atoms with Crippen LogP contribution in [0.2, 0.25) is 0 Å². The number of hydrogen-bond acceptors (Lipinski definition) is 3. The van der Waals surface area contributed by atoms with Crippen LogP contribution >= 0.6 is 0 Å². The highest BCUT2D eigenvalue weighted by Gasteiger charge is 2.31. The van der Waals surface area contributed by atoms with Gasteiger partial charge in [0.25, 0.3) is 0 Å². The van der Waals surface area contributed by atoms with Gasteiger partial charge in [-0.05, 0) is 25.9 Å². The van der Waals surface area contributed by atoms with Crippen molar-refractivity contribution >= 4 is 11.9 Å². The Morgan fingerprint density at radius 2 is 2.18 bits per heavy atom. The summed E-state index contributed by atoms with van der Waals surface area (Å²) in [6.45, 7) is 5.40. The molecule has 0 radical (unpaired) electrons. The Bertz CT molecular complexity index is 293. The third-order valence-corrected chi connectivity index (χ3v) is 3.54. The number of nitrogens with zero attached hydrogens (tertiary/aromatic N) is 1. The molecule has 1 rings (SSSR count). The Kier molecular flexibility index (Phi) is 4.93. The van der Waals surface area contributed by atoms with Crippen LogP contribution in [0.15, 0.2) is 0 Å². The van der Waals surface area contributed by atoms with E-state index in [2.05, 4.69) is 10.2 Å². The number of carboxylic acid groups (broad SMARTS) is 1. The van der Waals surface area contributed by atoms with Crippen molar-refractivity contribution in [3.8, 4) is 0 Å². The second-order valence-electron chi connectivity index (χ2n) is 4.96. The van der Waals surface area contributed by atoms with Gasteiger partial charge >= 0.3 is 5.97 Å². The number of aliphatic carboxylic acids is 1. The van der Waals surface area contributed by atoms with E-state index in [0.717, 1.165) is 25.9 Å². The molecule has 1 saturated heterocycles. The van der Waals surface area contributed by atoms with Crippen LogP contribution < -0.4 is 5.32 Å². The second kappa shape index (κ2) is 6.00. The number of rotatable bonds is 5. The molecule has 1 fully saturated rings. The first kappa shape index (κ1) is 14.0. The molecule has 2 N–H and O–H groups in total. The Balaban J connectivity index is 2.55. The zero-order chi connectivity index (χ0) is 13.0. The van der Waals surface area contributed by atoms with Crippen LogP contribution in [0.4, 0.5) is 0 Å². The predicted molar refractivity (Wildman–Crippen MR) is 64.6 cm³/mol. The zero-order valence-corrected chi connectivity index (χ0v) is 10.8. The molecule has 5 nitrogen and oxygen atoms in total. The van der Waals surface area contributed by atoms with Crippen LogP contribution in [0, 0.1) is 11.8 Å². The van der Waals surface area contributed by atoms with Gasteiger partial charge in [0.15, 0.2) is 0 Å². The van der Waals surface area contributed by atoms with Gasteiger partial charge in [0.2, 0.25) is 5.91 Å². The first-order chi connectivity index (χ1) is 7.95. The minimum Gasteiger partial charge on any atom is -0.480 e. The molecule has 1 heterocycles. The number of amides is 1. The van der Waals surface area contributed by atoms with Gasteiger partial charge in [0.1, 0.15) is 6.04 Å². The summed E-state index contributed by atoms with van der Waals surface area (Å²) in [5, 5.41) is 11.8. The first-order valence-corrected chi connectivity index (χ1v) is 6.17. The van der Waals surface area contributed by atoms with Crippen LogP contribution in [-0.4, -0.2) is 48.1 Å². The van der Waals surface area contributed by atoms with Crippen molar-refractivity contribution < 1.29 is 14.7 Å². The largest absolute Gasteiger partial charge is 0.480 e. The smallest absolute Gasteiger partial charge is 0.326 e. The Morgan fingerprint density at radius 1 is 1.53 bits per heavy atom. The van der Waals surface area contributed by atoms with Crippen molar-refractivity contribution in [1.82, 2.24) is 10.2 Å². The van der Waals surface area contributed by atoms with E-state index in [4.69, 9.17) is 5.11 Å². The lowest BCUT2D eigenvalue weighted by molar-refractivity contribution is -0.143. The summed E-state index contributed by atoms with van der Waals surface area (Å²) in [4.78, 5) is 25.1. The summed E-state index contributed by atoms with van der Waals surface area (Å²) < 4.78 is 0. The lowest BCUT2D eigenvalue weighted by atomic mass is 9.98. The zero-order valence-electron chi connectivity index (χ0n) is 10.8. The van der Waals surface area contributed by atoms with Crippen LogP contribution in [0.1, 0.15) is 26.7 Å². The fourth-order valence-electron chi connectivity index (χ4n) is 2.10. The fourth-order valence-corrected chi connectivity index (χ4v) is 2.10. The van der Waals surface area contributed by atoms with Crippen molar-refractivity contribution in [2.75, 3.05) is 20.1 Å². The Morgan fingerprint density at radius 3 is 2.59 bits per heavy atom.